The van der Waals surface area contributed by atoms with Crippen LogP contribution in [0.1, 0.15) is 30.8 Å². The predicted octanol–water partition coefficient (Wildman–Crippen LogP) is 1.66. The first-order valence-electron chi connectivity index (χ1n) is 10.6. The van der Waals surface area contributed by atoms with E-state index in [2.05, 4.69) is 10.2 Å². The van der Waals surface area contributed by atoms with Crippen LogP contribution in [0.3, 0.4) is 0 Å². The van der Waals surface area contributed by atoms with Gasteiger partial charge < -0.3 is 14.6 Å². The number of rotatable bonds is 9. The summed E-state index contributed by atoms with van der Waals surface area (Å²) in [5, 5.41) is 3.72. The quantitative estimate of drug-likeness (QED) is 0.605. The molecule has 1 aliphatic heterocycles. The molecule has 0 saturated carbocycles. The summed E-state index contributed by atoms with van der Waals surface area (Å²) in [4.78, 5) is 15.3. The number of hydrogen-bond acceptors (Lipinski definition) is 5. The summed E-state index contributed by atoms with van der Waals surface area (Å²) in [6, 6.07) is 6.78. The van der Waals surface area contributed by atoms with E-state index >= 15 is 0 Å². The van der Waals surface area contributed by atoms with Crippen LogP contribution in [0.4, 0.5) is 0 Å². The van der Waals surface area contributed by atoms with Gasteiger partial charge in [-0.25, -0.2) is 8.42 Å². The summed E-state index contributed by atoms with van der Waals surface area (Å²) in [5.74, 6) is -0.149. The fourth-order valence-corrected chi connectivity index (χ4v) is 5.33. The second-order valence-electron chi connectivity index (χ2n) is 7.46. The maximum Gasteiger partial charge on any atom is 0.267 e. The highest BCUT2D eigenvalue weighted by molar-refractivity contribution is 7.89. The van der Waals surface area contributed by atoms with Crippen molar-refractivity contribution in [3.63, 3.8) is 0 Å². The van der Waals surface area contributed by atoms with Gasteiger partial charge in [-0.3, -0.25) is 9.69 Å². The van der Waals surface area contributed by atoms with E-state index in [1.165, 1.54) is 4.31 Å². The fraction of sp³-hybridized carbons (Fsp3) is 0.571. The Balaban J connectivity index is 1.69. The van der Waals surface area contributed by atoms with Crippen LogP contribution in [0.25, 0.3) is 10.9 Å². The minimum Gasteiger partial charge on any atom is -0.379 e. The Bertz CT molecular complexity index is 976. The van der Waals surface area contributed by atoms with E-state index in [1.807, 2.05) is 20.9 Å². The summed E-state index contributed by atoms with van der Waals surface area (Å²) in [6.07, 6.45) is 0.877. The van der Waals surface area contributed by atoms with Crippen LogP contribution in [0.5, 0.6) is 0 Å². The van der Waals surface area contributed by atoms with Gasteiger partial charge >= 0.3 is 0 Å². The zero-order valence-corrected chi connectivity index (χ0v) is 18.9. The average Bonchev–Trinajstić information content (AvgIpc) is 3.08. The number of nitrogens with zero attached hydrogens (tertiary/aromatic N) is 3. The Hall–Kier alpha value is -1.94. The van der Waals surface area contributed by atoms with Gasteiger partial charge in [-0.05, 0) is 37.2 Å². The van der Waals surface area contributed by atoms with E-state index < -0.39 is 10.0 Å². The number of ether oxygens (including phenoxy) is 1. The predicted molar refractivity (Wildman–Crippen MR) is 117 cm³/mol. The highest BCUT2D eigenvalue weighted by Gasteiger charge is 2.23. The van der Waals surface area contributed by atoms with E-state index in [-0.39, 0.29) is 10.8 Å². The lowest BCUT2D eigenvalue weighted by molar-refractivity contribution is 0.0374. The summed E-state index contributed by atoms with van der Waals surface area (Å²) in [6.45, 7) is 9.44. The summed E-state index contributed by atoms with van der Waals surface area (Å²) in [5.41, 5.74) is 1.35. The Labute approximate surface area is 178 Å². The van der Waals surface area contributed by atoms with Crippen molar-refractivity contribution in [3.05, 3.63) is 30.0 Å². The van der Waals surface area contributed by atoms with Gasteiger partial charge in [-0.15, -0.1) is 0 Å². The number of benzene rings is 1. The lowest BCUT2D eigenvalue weighted by atomic mass is 10.2. The number of aromatic nitrogens is 1. The molecular weight excluding hydrogens is 404 g/mol. The van der Waals surface area contributed by atoms with E-state index in [0.717, 1.165) is 50.2 Å². The van der Waals surface area contributed by atoms with Gasteiger partial charge in [-0.1, -0.05) is 13.8 Å². The molecule has 30 heavy (non-hydrogen) atoms. The molecule has 2 aromatic rings. The van der Waals surface area contributed by atoms with E-state index in [0.29, 0.717) is 25.3 Å². The SMILES string of the molecule is CCN(CC)S(=O)(=O)c1ccc2c(c1)cc(C(=O)NCCCN1CCOCC1)n2C. The smallest absolute Gasteiger partial charge is 0.267 e. The van der Waals surface area contributed by atoms with Gasteiger partial charge in [0.25, 0.3) is 5.91 Å². The molecule has 8 nitrogen and oxygen atoms in total. The van der Waals surface area contributed by atoms with Crippen LogP contribution in [-0.2, 0) is 21.8 Å². The van der Waals surface area contributed by atoms with E-state index in [1.54, 1.807) is 28.8 Å². The number of carbonyl (C=O) groups is 1. The molecule has 1 N–H and O–H groups in total. The van der Waals surface area contributed by atoms with Gasteiger partial charge in [0.1, 0.15) is 5.69 Å². The van der Waals surface area contributed by atoms with E-state index in [9.17, 15) is 13.2 Å². The van der Waals surface area contributed by atoms with E-state index in [4.69, 9.17) is 4.74 Å². The van der Waals surface area contributed by atoms with Crippen molar-refractivity contribution in [2.45, 2.75) is 25.2 Å². The van der Waals surface area contributed by atoms with Gasteiger partial charge in [-0.2, -0.15) is 4.31 Å². The van der Waals surface area contributed by atoms with Crippen LogP contribution in [0.2, 0.25) is 0 Å². The summed E-state index contributed by atoms with van der Waals surface area (Å²) < 4.78 is 34.2. The fourth-order valence-electron chi connectivity index (χ4n) is 3.84. The molecule has 0 atom stereocenters. The van der Waals surface area contributed by atoms with Gasteiger partial charge in [0, 0.05) is 50.7 Å². The summed E-state index contributed by atoms with van der Waals surface area (Å²) >= 11 is 0. The maximum absolute atomic E-state index is 12.8. The van der Waals surface area contributed by atoms with Gasteiger partial charge in [0.05, 0.1) is 18.1 Å². The van der Waals surface area contributed by atoms with Crippen molar-refractivity contribution >= 4 is 26.8 Å². The average molecular weight is 437 g/mol. The molecule has 3 rings (SSSR count). The number of nitrogens with one attached hydrogen (secondary N) is 1. The zero-order chi connectivity index (χ0) is 21.7. The molecule has 0 unspecified atom stereocenters. The first-order valence-corrected chi connectivity index (χ1v) is 12.0. The molecule has 1 saturated heterocycles. The third kappa shape index (κ3) is 4.85. The third-order valence-corrected chi connectivity index (χ3v) is 7.68. The minimum absolute atomic E-state index is 0.149. The number of amides is 1. The first kappa shape index (κ1) is 22.7. The first-order chi connectivity index (χ1) is 14.4. The highest BCUT2D eigenvalue weighted by atomic mass is 32.2. The lowest BCUT2D eigenvalue weighted by Gasteiger charge is -2.26. The number of sulfonamides is 1. The number of fused-ring (bicyclic) bond motifs is 1. The molecule has 1 amide bonds. The van der Waals surface area contributed by atoms with Crippen LogP contribution in [0.15, 0.2) is 29.2 Å². The number of morpholine rings is 1. The molecule has 2 heterocycles. The number of aryl methyl sites for hydroxylation is 1. The molecule has 1 aromatic heterocycles. The minimum atomic E-state index is -3.53. The van der Waals surface area contributed by atoms with Crippen LogP contribution in [-0.4, -0.2) is 80.6 Å². The second-order valence-corrected chi connectivity index (χ2v) is 9.40. The standard InChI is InChI=1S/C21H32N4O4S/c1-4-25(5-2)30(27,28)18-7-8-19-17(15-18)16-20(23(19)3)21(26)22-9-6-10-24-11-13-29-14-12-24/h7-8,15-16H,4-6,9-14H2,1-3H3,(H,22,26). The van der Waals surface area contributed by atoms with Crippen LogP contribution < -0.4 is 5.32 Å². The Kier molecular flexibility index (Phi) is 7.51. The topological polar surface area (TPSA) is 83.9 Å². The summed E-state index contributed by atoms with van der Waals surface area (Å²) in [7, 11) is -1.71. The number of hydrogen-bond donors (Lipinski definition) is 1. The Morgan fingerprint density at radius 3 is 2.53 bits per heavy atom. The van der Waals surface area contributed by atoms with Crippen molar-refractivity contribution in [1.29, 1.82) is 0 Å². The lowest BCUT2D eigenvalue weighted by Crippen LogP contribution is -2.38. The van der Waals surface area contributed by atoms with Crippen molar-refractivity contribution < 1.29 is 17.9 Å². The number of carbonyl (C=O) groups excluding carboxylic acids is 1. The van der Waals surface area contributed by atoms with Crippen molar-refractivity contribution in [2.24, 2.45) is 7.05 Å². The molecule has 0 radical (unpaired) electrons. The molecule has 1 aliphatic rings. The molecule has 9 heteroatoms. The second kappa shape index (κ2) is 9.91. The van der Waals surface area contributed by atoms with Crippen molar-refractivity contribution in [1.82, 2.24) is 19.1 Å². The molecule has 1 fully saturated rings. The third-order valence-electron chi connectivity index (χ3n) is 5.63. The maximum atomic E-state index is 12.8. The van der Waals surface area contributed by atoms with Crippen molar-refractivity contribution in [2.75, 3.05) is 52.5 Å². The highest BCUT2D eigenvalue weighted by Crippen LogP contribution is 2.24. The molecule has 0 aliphatic carbocycles. The van der Waals surface area contributed by atoms with Crippen LogP contribution >= 0.6 is 0 Å². The largest absolute Gasteiger partial charge is 0.379 e. The van der Waals surface area contributed by atoms with Crippen LogP contribution in [0, 0.1) is 0 Å². The monoisotopic (exact) mass is 436 g/mol. The zero-order valence-electron chi connectivity index (χ0n) is 18.1. The van der Waals surface area contributed by atoms with Gasteiger partial charge in [0.2, 0.25) is 10.0 Å². The Morgan fingerprint density at radius 2 is 1.87 bits per heavy atom. The molecule has 0 spiro atoms. The molecular formula is C21H32N4O4S. The molecule has 0 bridgehead atoms. The molecule has 1 aromatic carbocycles. The Morgan fingerprint density at radius 1 is 1.17 bits per heavy atom. The molecule has 166 valence electrons. The van der Waals surface area contributed by atoms with Crippen molar-refractivity contribution in [3.8, 4) is 0 Å². The normalized spacial score (nSPS) is 15.7. The van der Waals surface area contributed by atoms with Gasteiger partial charge in [0.15, 0.2) is 0 Å².